The van der Waals surface area contributed by atoms with Crippen LogP contribution >= 0.6 is 15.9 Å². The lowest BCUT2D eigenvalue weighted by Crippen LogP contribution is -2.38. The van der Waals surface area contributed by atoms with Crippen LogP contribution < -0.4 is 24.8 Å². The molecule has 1 aliphatic heterocycles. The number of hydrogen-bond donors (Lipinski definition) is 2. The fourth-order valence-electron chi connectivity index (χ4n) is 4.57. The topological polar surface area (TPSA) is 106 Å². The van der Waals surface area contributed by atoms with Gasteiger partial charge in [-0.05, 0) is 59.2 Å². The zero-order chi connectivity index (χ0) is 29.6. The number of methoxy groups -OCH3 is 1. The molecule has 4 aromatic carbocycles. The summed E-state index contributed by atoms with van der Waals surface area (Å²) in [7, 11) is 1.48. The third-order valence-corrected chi connectivity index (χ3v) is 7.26. The molecule has 0 aliphatic carbocycles. The van der Waals surface area contributed by atoms with Crippen molar-refractivity contribution in [1.29, 1.82) is 0 Å². The summed E-state index contributed by atoms with van der Waals surface area (Å²) in [4.78, 5) is 39.2. The number of nitrogens with one attached hydrogen (secondary N) is 2. The first-order valence-electron chi connectivity index (χ1n) is 13.2. The molecule has 4 aromatic rings. The van der Waals surface area contributed by atoms with Crippen molar-refractivity contribution in [2.24, 2.45) is 0 Å². The number of amides is 4. The summed E-state index contributed by atoms with van der Waals surface area (Å²) in [5, 5.41) is 7.45. The molecule has 1 aliphatic rings. The van der Waals surface area contributed by atoms with Crippen LogP contribution in [0.3, 0.4) is 0 Å². The first-order valence-corrected chi connectivity index (χ1v) is 14.0. The van der Waals surface area contributed by atoms with Gasteiger partial charge in [0.25, 0.3) is 5.91 Å². The smallest absolute Gasteiger partial charge is 0.329 e. The monoisotopic (exact) mass is 629 g/mol. The highest BCUT2D eigenvalue weighted by molar-refractivity contribution is 9.10. The first-order chi connectivity index (χ1) is 20.4. The molecule has 1 saturated heterocycles. The van der Waals surface area contributed by atoms with E-state index in [-0.39, 0.29) is 5.70 Å². The van der Waals surface area contributed by atoms with Crippen molar-refractivity contribution in [3.05, 3.63) is 100 Å². The van der Waals surface area contributed by atoms with Gasteiger partial charge in [-0.1, -0.05) is 70.5 Å². The molecule has 2 N–H and O–H groups in total. The molecule has 1 heterocycles. The number of imide groups is 1. The normalized spacial score (nSPS) is 13.8. The average Bonchev–Trinajstić information content (AvgIpc) is 3.25. The summed E-state index contributed by atoms with van der Waals surface area (Å²) in [6.07, 6.45) is 1.53. The van der Waals surface area contributed by atoms with Gasteiger partial charge in [0, 0.05) is 4.47 Å². The molecular weight excluding hydrogens is 602 g/mol. The van der Waals surface area contributed by atoms with Gasteiger partial charge in [0.1, 0.15) is 24.6 Å². The number of rotatable bonds is 10. The molecule has 0 atom stereocenters. The standard InChI is InChI=1S/C32H28BrN3O6/c1-3-41-28-16-22(24(33)17-29(28)42-19-21-11-8-10-20-9-4-5-12-23(20)21)15-26-31(38)36(32(39)35-26)18-30(37)34-25-13-6-7-14-27(25)40-2/h4-17H,3,18-19H2,1-2H3,(H,34,37)(H,35,39)/b26-15+. The Morgan fingerprint density at radius 3 is 2.50 bits per heavy atom. The minimum absolute atomic E-state index is 0.0256. The number of nitrogens with zero attached hydrogens (tertiary/aromatic N) is 1. The van der Waals surface area contributed by atoms with Crippen LogP contribution in [0.2, 0.25) is 0 Å². The van der Waals surface area contributed by atoms with E-state index in [1.54, 1.807) is 36.4 Å². The van der Waals surface area contributed by atoms with Gasteiger partial charge in [-0.15, -0.1) is 0 Å². The lowest BCUT2D eigenvalue weighted by molar-refractivity contribution is -0.127. The van der Waals surface area contributed by atoms with Crippen molar-refractivity contribution in [2.75, 3.05) is 25.6 Å². The molecule has 10 heteroatoms. The average molecular weight is 630 g/mol. The lowest BCUT2D eigenvalue weighted by atomic mass is 10.1. The summed E-state index contributed by atoms with van der Waals surface area (Å²) in [6.45, 7) is 2.12. The minimum Gasteiger partial charge on any atom is -0.495 e. The van der Waals surface area contributed by atoms with Crippen molar-refractivity contribution >= 4 is 56.3 Å². The summed E-state index contributed by atoms with van der Waals surface area (Å²) < 4.78 is 17.9. The molecule has 0 saturated carbocycles. The van der Waals surface area contributed by atoms with E-state index in [4.69, 9.17) is 14.2 Å². The third kappa shape index (κ3) is 6.23. The summed E-state index contributed by atoms with van der Waals surface area (Å²) in [6, 6.07) is 23.8. The third-order valence-electron chi connectivity index (χ3n) is 6.57. The van der Waals surface area contributed by atoms with Gasteiger partial charge < -0.3 is 24.8 Å². The van der Waals surface area contributed by atoms with E-state index >= 15 is 0 Å². The molecule has 0 radical (unpaired) electrons. The molecule has 0 unspecified atom stereocenters. The molecule has 4 amide bonds. The van der Waals surface area contributed by atoms with Crippen LogP contribution in [0.5, 0.6) is 17.2 Å². The van der Waals surface area contributed by atoms with E-state index in [2.05, 4.69) is 44.8 Å². The van der Waals surface area contributed by atoms with E-state index in [0.29, 0.717) is 46.2 Å². The number of carbonyl (C=O) groups is 3. The Labute approximate surface area is 251 Å². The van der Waals surface area contributed by atoms with E-state index in [1.807, 2.05) is 31.2 Å². The highest BCUT2D eigenvalue weighted by atomic mass is 79.9. The number of para-hydroxylation sites is 2. The van der Waals surface area contributed by atoms with E-state index < -0.39 is 24.4 Å². The van der Waals surface area contributed by atoms with Gasteiger partial charge in [0.15, 0.2) is 11.5 Å². The Morgan fingerprint density at radius 2 is 1.69 bits per heavy atom. The van der Waals surface area contributed by atoms with Crippen molar-refractivity contribution < 1.29 is 28.6 Å². The van der Waals surface area contributed by atoms with Crippen LogP contribution in [-0.4, -0.2) is 43.0 Å². The van der Waals surface area contributed by atoms with E-state index in [1.165, 1.54) is 13.2 Å². The Morgan fingerprint density at radius 1 is 0.952 bits per heavy atom. The van der Waals surface area contributed by atoms with Gasteiger partial charge in [-0.2, -0.15) is 0 Å². The number of ether oxygens (including phenoxy) is 3. The second kappa shape index (κ2) is 12.8. The molecule has 214 valence electrons. The Hall–Kier alpha value is -4.83. The number of hydrogen-bond acceptors (Lipinski definition) is 6. The molecule has 0 bridgehead atoms. The van der Waals surface area contributed by atoms with Gasteiger partial charge in [0.05, 0.1) is 19.4 Å². The highest BCUT2D eigenvalue weighted by Crippen LogP contribution is 2.36. The Kier molecular flexibility index (Phi) is 8.73. The quantitative estimate of drug-likeness (QED) is 0.162. The predicted molar refractivity (Wildman–Crippen MR) is 163 cm³/mol. The Bertz CT molecular complexity index is 1700. The van der Waals surface area contributed by atoms with Gasteiger partial charge in [0.2, 0.25) is 5.91 Å². The summed E-state index contributed by atoms with van der Waals surface area (Å²) in [5.74, 6) is 0.295. The lowest BCUT2D eigenvalue weighted by Gasteiger charge is -2.15. The minimum atomic E-state index is -0.697. The van der Waals surface area contributed by atoms with Crippen LogP contribution in [0.1, 0.15) is 18.1 Å². The SMILES string of the molecule is CCOc1cc(/C=C2/NC(=O)N(CC(=O)Nc3ccccc3OC)C2=O)c(Br)cc1OCc1cccc2ccccc12. The number of fused-ring (bicyclic) bond motifs is 1. The molecular formula is C32H28BrN3O6. The Balaban J connectivity index is 1.32. The number of halogens is 1. The molecule has 5 rings (SSSR count). The second-order valence-corrected chi connectivity index (χ2v) is 10.2. The van der Waals surface area contributed by atoms with Crippen LogP contribution in [-0.2, 0) is 16.2 Å². The van der Waals surface area contributed by atoms with Crippen LogP contribution in [0.4, 0.5) is 10.5 Å². The van der Waals surface area contributed by atoms with Gasteiger partial charge in [-0.25, -0.2) is 9.69 Å². The van der Waals surface area contributed by atoms with Crippen molar-refractivity contribution in [3.63, 3.8) is 0 Å². The fraction of sp³-hybridized carbons (Fsp3) is 0.156. The molecule has 42 heavy (non-hydrogen) atoms. The molecule has 1 fully saturated rings. The maximum Gasteiger partial charge on any atom is 0.329 e. The van der Waals surface area contributed by atoms with Crippen molar-refractivity contribution in [2.45, 2.75) is 13.5 Å². The zero-order valence-corrected chi connectivity index (χ0v) is 24.6. The maximum absolute atomic E-state index is 13.1. The van der Waals surface area contributed by atoms with Gasteiger partial charge >= 0.3 is 6.03 Å². The maximum atomic E-state index is 13.1. The second-order valence-electron chi connectivity index (χ2n) is 9.31. The van der Waals surface area contributed by atoms with Crippen LogP contribution in [0.25, 0.3) is 16.8 Å². The number of benzene rings is 4. The van der Waals surface area contributed by atoms with Crippen molar-refractivity contribution in [3.8, 4) is 17.2 Å². The number of carbonyl (C=O) groups excluding carboxylic acids is 3. The molecule has 0 spiro atoms. The number of anilines is 1. The first kappa shape index (κ1) is 28.7. The predicted octanol–water partition coefficient (Wildman–Crippen LogP) is 6.12. The zero-order valence-electron chi connectivity index (χ0n) is 23.0. The molecule has 0 aromatic heterocycles. The van der Waals surface area contributed by atoms with Crippen LogP contribution in [0, 0.1) is 0 Å². The van der Waals surface area contributed by atoms with E-state index in [9.17, 15) is 14.4 Å². The van der Waals surface area contributed by atoms with Gasteiger partial charge in [-0.3, -0.25) is 9.59 Å². The fourth-order valence-corrected chi connectivity index (χ4v) is 5.01. The summed E-state index contributed by atoms with van der Waals surface area (Å²) >= 11 is 3.55. The molecule has 9 nitrogen and oxygen atoms in total. The van der Waals surface area contributed by atoms with Crippen molar-refractivity contribution in [1.82, 2.24) is 10.2 Å². The summed E-state index contributed by atoms with van der Waals surface area (Å²) in [5.41, 5.74) is 2.08. The van der Waals surface area contributed by atoms with Crippen LogP contribution in [0.15, 0.2) is 89.0 Å². The van der Waals surface area contributed by atoms with E-state index in [0.717, 1.165) is 21.2 Å². The number of urea groups is 1. The highest BCUT2D eigenvalue weighted by Gasteiger charge is 2.35. The largest absolute Gasteiger partial charge is 0.495 e.